The Balaban J connectivity index is 1.57. The van der Waals surface area contributed by atoms with Gasteiger partial charge in [-0.05, 0) is 76.4 Å². The lowest BCUT2D eigenvalue weighted by molar-refractivity contribution is 0.102. The van der Waals surface area contributed by atoms with Crippen LogP contribution >= 0.6 is 0 Å². The number of imidazole rings is 1. The number of ether oxygens (including phenoxy) is 1. The zero-order valence-corrected chi connectivity index (χ0v) is 20.4. The standard InChI is InChI=1S/C26H32N6O4/c1-17-15-18(8-13-28-17)24(33)30-25-29-21-6-4-7-22(36-20-9-11-27-12-10-20)23(21)32(25)19-5-2-3-14-31(16-19)26(34)35/h4,6-8,13,15,19-20,27H,2-3,5,9-12,14,16H2,1H3,(H,34,35)(H,29,30,33)/t19-/m1/s1. The summed E-state index contributed by atoms with van der Waals surface area (Å²) >= 11 is 0. The molecule has 36 heavy (non-hydrogen) atoms. The van der Waals surface area contributed by atoms with Crippen molar-refractivity contribution >= 4 is 29.0 Å². The molecular formula is C26H32N6O4. The minimum absolute atomic E-state index is 0.0858. The fraction of sp³-hybridized carbons (Fsp3) is 0.462. The van der Waals surface area contributed by atoms with Crippen molar-refractivity contribution in [3.05, 3.63) is 47.8 Å². The summed E-state index contributed by atoms with van der Waals surface area (Å²) < 4.78 is 8.46. The Kier molecular flexibility index (Phi) is 7.04. The molecule has 2 aliphatic heterocycles. The molecule has 190 valence electrons. The third kappa shape index (κ3) is 5.13. The summed E-state index contributed by atoms with van der Waals surface area (Å²) in [4.78, 5) is 35.5. The van der Waals surface area contributed by atoms with Crippen LogP contribution in [0.1, 0.15) is 54.2 Å². The molecule has 10 nitrogen and oxygen atoms in total. The highest BCUT2D eigenvalue weighted by Crippen LogP contribution is 2.36. The third-order valence-electron chi connectivity index (χ3n) is 6.92. The fourth-order valence-corrected chi connectivity index (χ4v) is 5.11. The SMILES string of the molecule is Cc1cc(C(=O)Nc2nc3cccc(OC4CCNCC4)c3n2[C@@H]2CCCCN(C(=O)O)C2)ccn1. The second-order valence-electron chi connectivity index (χ2n) is 9.51. The number of hydrogen-bond acceptors (Lipinski definition) is 6. The second kappa shape index (κ2) is 10.5. The van der Waals surface area contributed by atoms with Gasteiger partial charge in [-0.25, -0.2) is 9.78 Å². The summed E-state index contributed by atoms with van der Waals surface area (Å²) in [6.07, 6.45) is 5.02. The van der Waals surface area contributed by atoms with E-state index in [-0.39, 0.29) is 18.1 Å². The van der Waals surface area contributed by atoms with E-state index in [2.05, 4.69) is 15.6 Å². The number of hydrogen-bond donors (Lipinski definition) is 3. The largest absolute Gasteiger partial charge is 0.488 e. The van der Waals surface area contributed by atoms with Gasteiger partial charge in [-0.2, -0.15) is 0 Å². The maximum absolute atomic E-state index is 13.2. The van der Waals surface area contributed by atoms with E-state index in [1.807, 2.05) is 29.7 Å². The zero-order valence-electron chi connectivity index (χ0n) is 20.4. The number of amides is 2. The number of carboxylic acid groups (broad SMARTS) is 1. The van der Waals surface area contributed by atoms with Crippen molar-refractivity contribution in [1.82, 2.24) is 24.8 Å². The van der Waals surface area contributed by atoms with E-state index in [9.17, 15) is 14.7 Å². The third-order valence-corrected chi connectivity index (χ3v) is 6.92. The lowest BCUT2D eigenvalue weighted by Gasteiger charge is -2.27. The molecule has 0 aliphatic carbocycles. The molecule has 3 aromatic rings. The van der Waals surface area contributed by atoms with Crippen LogP contribution in [-0.2, 0) is 0 Å². The van der Waals surface area contributed by atoms with E-state index in [4.69, 9.17) is 9.72 Å². The molecule has 4 heterocycles. The van der Waals surface area contributed by atoms with Crippen LogP contribution < -0.4 is 15.4 Å². The molecule has 10 heteroatoms. The second-order valence-corrected chi connectivity index (χ2v) is 9.51. The van der Waals surface area contributed by atoms with E-state index in [0.717, 1.165) is 56.4 Å². The Morgan fingerprint density at radius 3 is 2.78 bits per heavy atom. The molecule has 2 saturated heterocycles. The monoisotopic (exact) mass is 492 g/mol. The molecule has 2 aromatic heterocycles. The van der Waals surface area contributed by atoms with Crippen molar-refractivity contribution in [1.29, 1.82) is 0 Å². The number of para-hydroxylation sites is 1. The fourth-order valence-electron chi connectivity index (χ4n) is 5.11. The summed E-state index contributed by atoms with van der Waals surface area (Å²) in [5.41, 5.74) is 2.72. The number of piperidine rings is 1. The van der Waals surface area contributed by atoms with E-state index in [1.165, 1.54) is 4.90 Å². The minimum atomic E-state index is -0.935. The first kappa shape index (κ1) is 24.1. The first-order valence-corrected chi connectivity index (χ1v) is 12.6. The molecular weight excluding hydrogens is 460 g/mol. The molecule has 2 fully saturated rings. The molecule has 2 aliphatic rings. The smallest absolute Gasteiger partial charge is 0.407 e. The topological polar surface area (TPSA) is 122 Å². The average molecular weight is 493 g/mol. The number of likely N-dealkylation sites (tertiary alicyclic amines) is 1. The highest BCUT2D eigenvalue weighted by molar-refractivity contribution is 6.04. The van der Waals surface area contributed by atoms with Crippen molar-refractivity contribution in [3.8, 4) is 5.75 Å². The van der Waals surface area contributed by atoms with Gasteiger partial charge < -0.3 is 24.6 Å². The van der Waals surface area contributed by atoms with Crippen molar-refractivity contribution in [3.63, 3.8) is 0 Å². The predicted octanol–water partition coefficient (Wildman–Crippen LogP) is 3.83. The van der Waals surface area contributed by atoms with Crippen molar-refractivity contribution in [2.45, 2.75) is 51.2 Å². The van der Waals surface area contributed by atoms with Crippen LogP contribution in [-0.4, -0.2) is 68.8 Å². The van der Waals surface area contributed by atoms with Crippen LogP contribution in [0.2, 0.25) is 0 Å². The van der Waals surface area contributed by atoms with E-state index in [1.54, 1.807) is 18.3 Å². The van der Waals surface area contributed by atoms with Crippen molar-refractivity contribution in [2.24, 2.45) is 0 Å². The first-order valence-electron chi connectivity index (χ1n) is 12.6. The summed E-state index contributed by atoms with van der Waals surface area (Å²) in [5.74, 6) is 0.808. The van der Waals surface area contributed by atoms with Gasteiger partial charge in [0.2, 0.25) is 5.95 Å². The van der Waals surface area contributed by atoms with Gasteiger partial charge in [-0.1, -0.05) is 6.07 Å². The Morgan fingerprint density at radius 2 is 2.00 bits per heavy atom. The number of pyridine rings is 1. The number of nitrogens with one attached hydrogen (secondary N) is 2. The summed E-state index contributed by atoms with van der Waals surface area (Å²) in [6.45, 7) is 4.46. The molecule has 3 N–H and O–H groups in total. The van der Waals surface area contributed by atoms with Gasteiger partial charge in [-0.3, -0.25) is 15.1 Å². The molecule has 0 saturated carbocycles. The number of carbonyl (C=O) groups is 2. The minimum Gasteiger partial charge on any atom is -0.488 e. The van der Waals surface area contributed by atoms with Crippen LogP contribution in [0.5, 0.6) is 5.75 Å². The highest BCUT2D eigenvalue weighted by atomic mass is 16.5. The van der Waals surface area contributed by atoms with Crippen LogP contribution in [0.25, 0.3) is 11.0 Å². The molecule has 1 aromatic carbocycles. The lowest BCUT2D eigenvalue weighted by atomic mass is 10.1. The molecule has 0 spiro atoms. The van der Waals surface area contributed by atoms with Crippen molar-refractivity contribution in [2.75, 3.05) is 31.5 Å². The van der Waals surface area contributed by atoms with Gasteiger partial charge in [0.15, 0.2) is 0 Å². The number of anilines is 1. The molecule has 0 radical (unpaired) electrons. The van der Waals surface area contributed by atoms with Gasteiger partial charge in [0.25, 0.3) is 5.91 Å². The maximum Gasteiger partial charge on any atom is 0.407 e. The Hall–Kier alpha value is -3.66. The zero-order chi connectivity index (χ0) is 25.1. The number of fused-ring (bicyclic) bond motifs is 1. The number of rotatable bonds is 5. The maximum atomic E-state index is 13.2. The van der Waals surface area contributed by atoms with Crippen molar-refractivity contribution < 1.29 is 19.4 Å². The van der Waals surface area contributed by atoms with Crippen LogP contribution in [0.4, 0.5) is 10.7 Å². The quantitative estimate of drug-likeness (QED) is 0.495. The number of carbonyl (C=O) groups excluding carboxylic acids is 1. The Labute approximate surface area is 209 Å². The normalized spacial score (nSPS) is 19.1. The summed E-state index contributed by atoms with van der Waals surface area (Å²) in [5, 5.41) is 16.1. The summed E-state index contributed by atoms with van der Waals surface area (Å²) in [6, 6.07) is 8.95. The number of aromatic nitrogens is 3. The molecule has 0 unspecified atom stereocenters. The van der Waals surface area contributed by atoms with E-state index in [0.29, 0.717) is 35.9 Å². The number of benzene rings is 1. The molecule has 2 amide bonds. The molecule has 5 rings (SSSR count). The van der Waals surface area contributed by atoms with Crippen LogP contribution in [0, 0.1) is 6.92 Å². The molecule has 1 atom stereocenters. The van der Waals surface area contributed by atoms with Gasteiger partial charge >= 0.3 is 6.09 Å². The Bertz CT molecular complexity index is 1250. The molecule has 0 bridgehead atoms. The van der Waals surface area contributed by atoms with Gasteiger partial charge in [-0.15, -0.1) is 0 Å². The van der Waals surface area contributed by atoms with Gasteiger partial charge in [0.1, 0.15) is 17.4 Å². The Morgan fingerprint density at radius 1 is 1.17 bits per heavy atom. The highest BCUT2D eigenvalue weighted by Gasteiger charge is 2.29. The van der Waals surface area contributed by atoms with Gasteiger partial charge in [0.05, 0.1) is 11.6 Å². The average Bonchev–Trinajstić information content (AvgIpc) is 3.06. The first-order chi connectivity index (χ1) is 17.5. The van der Waals surface area contributed by atoms with E-state index >= 15 is 0 Å². The summed E-state index contributed by atoms with van der Waals surface area (Å²) in [7, 11) is 0. The predicted molar refractivity (Wildman–Crippen MR) is 136 cm³/mol. The van der Waals surface area contributed by atoms with Crippen LogP contribution in [0.3, 0.4) is 0 Å². The van der Waals surface area contributed by atoms with E-state index < -0.39 is 6.09 Å². The lowest BCUT2D eigenvalue weighted by Crippen LogP contribution is -2.35. The van der Waals surface area contributed by atoms with Crippen LogP contribution in [0.15, 0.2) is 36.5 Å². The van der Waals surface area contributed by atoms with Gasteiger partial charge in [0, 0.05) is 30.5 Å². The number of nitrogens with zero attached hydrogens (tertiary/aromatic N) is 4. The number of aryl methyl sites for hydroxylation is 1.